The van der Waals surface area contributed by atoms with Crippen LogP contribution in [0.1, 0.15) is 29.7 Å². The molecule has 102 valence electrons. The van der Waals surface area contributed by atoms with Gasteiger partial charge in [0.2, 0.25) is 0 Å². The number of nitrogens with two attached hydrogens (primary N) is 1. The Morgan fingerprint density at radius 1 is 1.47 bits per heavy atom. The number of halogens is 1. The van der Waals surface area contributed by atoms with Gasteiger partial charge in [-0.2, -0.15) is 5.10 Å². The van der Waals surface area contributed by atoms with Crippen LogP contribution in [-0.4, -0.2) is 9.78 Å². The van der Waals surface area contributed by atoms with Gasteiger partial charge >= 0.3 is 0 Å². The molecule has 4 nitrogen and oxygen atoms in total. The second-order valence-electron chi connectivity index (χ2n) is 4.64. The van der Waals surface area contributed by atoms with Crippen LogP contribution in [-0.2, 0) is 13.0 Å². The fourth-order valence-corrected chi connectivity index (χ4v) is 2.21. The summed E-state index contributed by atoms with van der Waals surface area (Å²) >= 11 is 6.16. The molecular weight excluding hydrogens is 260 g/mol. The number of aryl methyl sites for hydroxylation is 2. The zero-order valence-electron chi connectivity index (χ0n) is 11.2. The molecule has 2 rings (SSSR count). The fraction of sp³-hybridized carbons (Fsp3) is 0.357. The van der Waals surface area contributed by atoms with Crippen molar-refractivity contribution in [1.82, 2.24) is 15.2 Å². The monoisotopic (exact) mass is 278 g/mol. The molecule has 0 saturated heterocycles. The van der Waals surface area contributed by atoms with Crippen molar-refractivity contribution >= 4 is 11.6 Å². The quantitative estimate of drug-likeness (QED) is 0.653. The number of hydrogen-bond acceptors (Lipinski definition) is 3. The lowest BCUT2D eigenvalue weighted by atomic mass is 10.0. The maximum atomic E-state index is 6.16. The third-order valence-electron chi connectivity index (χ3n) is 3.25. The van der Waals surface area contributed by atoms with Crippen LogP contribution in [0.3, 0.4) is 0 Å². The molecular formula is C14H19ClN4. The molecule has 1 atom stereocenters. The molecule has 0 bridgehead atoms. The molecule has 0 aliphatic rings. The number of nitrogens with zero attached hydrogens (tertiary/aromatic N) is 2. The third-order valence-corrected chi connectivity index (χ3v) is 3.66. The first kappa shape index (κ1) is 14.1. The number of rotatable bonds is 5. The summed E-state index contributed by atoms with van der Waals surface area (Å²) in [5.41, 5.74) is 6.15. The maximum absolute atomic E-state index is 6.16. The number of hydrazine groups is 1. The van der Waals surface area contributed by atoms with Gasteiger partial charge in [0.15, 0.2) is 0 Å². The van der Waals surface area contributed by atoms with Gasteiger partial charge in [-0.15, -0.1) is 0 Å². The molecule has 2 aromatic rings. The molecule has 1 aromatic heterocycles. The average molecular weight is 279 g/mol. The molecule has 1 unspecified atom stereocenters. The predicted molar refractivity (Wildman–Crippen MR) is 77.9 cm³/mol. The van der Waals surface area contributed by atoms with E-state index in [2.05, 4.69) is 23.5 Å². The largest absolute Gasteiger partial charge is 0.273 e. The first-order valence-electron chi connectivity index (χ1n) is 6.37. The summed E-state index contributed by atoms with van der Waals surface area (Å²) in [6.45, 7) is 4.93. The second kappa shape index (κ2) is 6.19. The van der Waals surface area contributed by atoms with E-state index in [-0.39, 0.29) is 6.04 Å². The molecule has 5 heteroatoms. The SMILES string of the molecule is CCn1cc(CC(NN)c2ccc(C)c(Cl)c2)cn1. The zero-order valence-corrected chi connectivity index (χ0v) is 12.0. The van der Waals surface area contributed by atoms with E-state index in [9.17, 15) is 0 Å². The average Bonchev–Trinajstić information content (AvgIpc) is 2.87. The van der Waals surface area contributed by atoms with Gasteiger partial charge in [-0.05, 0) is 43.0 Å². The highest BCUT2D eigenvalue weighted by molar-refractivity contribution is 6.31. The lowest BCUT2D eigenvalue weighted by Crippen LogP contribution is -2.29. The molecule has 0 radical (unpaired) electrons. The summed E-state index contributed by atoms with van der Waals surface area (Å²) in [5.74, 6) is 5.66. The van der Waals surface area contributed by atoms with E-state index in [1.54, 1.807) is 0 Å². The Kier molecular flexibility index (Phi) is 4.58. The minimum Gasteiger partial charge on any atom is -0.273 e. The molecule has 0 saturated carbocycles. The third kappa shape index (κ3) is 3.35. The molecule has 0 aliphatic heterocycles. The van der Waals surface area contributed by atoms with Crippen molar-refractivity contribution in [3.63, 3.8) is 0 Å². The minimum absolute atomic E-state index is 0.0348. The molecule has 0 fully saturated rings. The Morgan fingerprint density at radius 2 is 2.26 bits per heavy atom. The number of benzene rings is 1. The molecule has 19 heavy (non-hydrogen) atoms. The summed E-state index contributed by atoms with van der Waals surface area (Å²) in [4.78, 5) is 0. The van der Waals surface area contributed by atoms with Crippen molar-refractivity contribution < 1.29 is 0 Å². The highest BCUT2D eigenvalue weighted by atomic mass is 35.5. The first-order valence-corrected chi connectivity index (χ1v) is 6.75. The summed E-state index contributed by atoms with van der Waals surface area (Å²) in [6, 6.07) is 6.06. The summed E-state index contributed by atoms with van der Waals surface area (Å²) in [6.07, 6.45) is 4.71. The number of aromatic nitrogens is 2. The molecule has 0 amide bonds. The van der Waals surface area contributed by atoms with E-state index in [1.165, 1.54) is 0 Å². The Bertz CT molecular complexity index is 550. The second-order valence-corrected chi connectivity index (χ2v) is 5.04. The lowest BCUT2D eigenvalue weighted by molar-refractivity contribution is 0.551. The topological polar surface area (TPSA) is 55.9 Å². The number of hydrogen-bond donors (Lipinski definition) is 2. The Morgan fingerprint density at radius 3 is 2.84 bits per heavy atom. The van der Waals surface area contributed by atoms with Crippen LogP contribution < -0.4 is 11.3 Å². The predicted octanol–water partition coefficient (Wildman–Crippen LogP) is 2.61. The van der Waals surface area contributed by atoms with Crippen molar-refractivity contribution in [2.75, 3.05) is 0 Å². The van der Waals surface area contributed by atoms with Crippen LogP contribution in [0.15, 0.2) is 30.6 Å². The first-order chi connectivity index (χ1) is 9.13. The Labute approximate surface area is 118 Å². The van der Waals surface area contributed by atoms with Gasteiger partial charge < -0.3 is 0 Å². The highest BCUT2D eigenvalue weighted by Gasteiger charge is 2.12. The van der Waals surface area contributed by atoms with Crippen molar-refractivity contribution in [3.8, 4) is 0 Å². The van der Waals surface area contributed by atoms with Crippen LogP contribution in [0.2, 0.25) is 5.02 Å². The van der Waals surface area contributed by atoms with Crippen LogP contribution in [0.25, 0.3) is 0 Å². The van der Waals surface area contributed by atoms with Gasteiger partial charge in [0.1, 0.15) is 0 Å². The van der Waals surface area contributed by atoms with E-state index >= 15 is 0 Å². The van der Waals surface area contributed by atoms with Crippen molar-refractivity contribution in [3.05, 3.63) is 52.3 Å². The van der Waals surface area contributed by atoms with Gasteiger partial charge in [0, 0.05) is 17.8 Å². The normalized spacial score (nSPS) is 12.6. The molecule has 1 aromatic carbocycles. The maximum Gasteiger partial charge on any atom is 0.0522 e. The van der Waals surface area contributed by atoms with Crippen LogP contribution in [0, 0.1) is 6.92 Å². The Hall–Kier alpha value is -1.36. The van der Waals surface area contributed by atoms with Crippen LogP contribution in [0.4, 0.5) is 0 Å². The summed E-state index contributed by atoms with van der Waals surface area (Å²) in [7, 11) is 0. The summed E-state index contributed by atoms with van der Waals surface area (Å²) in [5, 5.41) is 5.04. The van der Waals surface area contributed by atoms with E-state index in [4.69, 9.17) is 17.4 Å². The fourth-order valence-electron chi connectivity index (χ4n) is 2.02. The Balaban J connectivity index is 2.17. The lowest BCUT2D eigenvalue weighted by Gasteiger charge is -2.16. The van der Waals surface area contributed by atoms with Gasteiger partial charge in [0.05, 0.1) is 12.2 Å². The van der Waals surface area contributed by atoms with Gasteiger partial charge in [-0.3, -0.25) is 16.0 Å². The van der Waals surface area contributed by atoms with E-state index in [0.717, 1.165) is 34.7 Å². The molecule has 3 N–H and O–H groups in total. The molecule has 0 spiro atoms. The molecule has 0 aliphatic carbocycles. The van der Waals surface area contributed by atoms with E-state index in [1.807, 2.05) is 36.1 Å². The zero-order chi connectivity index (χ0) is 13.8. The highest BCUT2D eigenvalue weighted by Crippen LogP contribution is 2.23. The minimum atomic E-state index is 0.0348. The standard InChI is InChI=1S/C14H19ClN4/c1-3-19-9-11(8-17-19)6-14(18-16)12-5-4-10(2)13(15)7-12/h4-5,7-9,14,18H,3,6,16H2,1-2H3. The smallest absolute Gasteiger partial charge is 0.0522 e. The van der Waals surface area contributed by atoms with Crippen molar-refractivity contribution in [2.24, 2.45) is 5.84 Å². The van der Waals surface area contributed by atoms with Gasteiger partial charge in [-0.25, -0.2) is 0 Å². The van der Waals surface area contributed by atoms with Crippen molar-refractivity contribution in [1.29, 1.82) is 0 Å². The van der Waals surface area contributed by atoms with Crippen LogP contribution >= 0.6 is 11.6 Å². The number of nitrogens with one attached hydrogen (secondary N) is 1. The van der Waals surface area contributed by atoms with E-state index in [0.29, 0.717) is 0 Å². The van der Waals surface area contributed by atoms with Gasteiger partial charge in [-0.1, -0.05) is 23.7 Å². The van der Waals surface area contributed by atoms with Crippen molar-refractivity contribution in [2.45, 2.75) is 32.9 Å². The van der Waals surface area contributed by atoms with E-state index < -0.39 is 0 Å². The molecule has 1 heterocycles. The van der Waals surface area contributed by atoms with Gasteiger partial charge in [0.25, 0.3) is 0 Å². The van der Waals surface area contributed by atoms with Crippen LogP contribution in [0.5, 0.6) is 0 Å². The summed E-state index contributed by atoms with van der Waals surface area (Å²) < 4.78 is 1.91.